The molecule has 1 aromatic heterocycles. The van der Waals surface area contributed by atoms with Crippen molar-refractivity contribution >= 4 is 5.78 Å². The second-order valence-electron chi connectivity index (χ2n) is 6.23. The highest BCUT2D eigenvalue weighted by Gasteiger charge is 2.45. The number of rotatable bonds is 3. The molecule has 0 spiro atoms. The lowest BCUT2D eigenvalue weighted by atomic mass is 9.80. The van der Waals surface area contributed by atoms with Crippen LogP contribution in [0.4, 0.5) is 0 Å². The SMILES string of the molecule is Cc1cc([C@H](C#N)C(=O)[C@H]2C[C@H]3CC[C@H]2C3)nc(C)n1. The van der Waals surface area contributed by atoms with Crippen molar-refractivity contribution in [2.45, 2.75) is 45.4 Å². The normalized spacial score (nSPS) is 29.1. The highest BCUT2D eigenvalue weighted by molar-refractivity contribution is 5.90. The summed E-state index contributed by atoms with van der Waals surface area (Å²) < 4.78 is 0. The van der Waals surface area contributed by atoms with Gasteiger partial charge >= 0.3 is 0 Å². The van der Waals surface area contributed by atoms with Gasteiger partial charge in [0.2, 0.25) is 0 Å². The number of carbonyl (C=O) groups excluding carboxylic acids is 1. The Hall–Kier alpha value is -1.76. The van der Waals surface area contributed by atoms with Gasteiger partial charge in [-0.3, -0.25) is 4.79 Å². The van der Waals surface area contributed by atoms with E-state index in [0.717, 1.165) is 18.5 Å². The van der Waals surface area contributed by atoms with Gasteiger partial charge in [-0.05, 0) is 51.0 Å². The number of ketones is 1. The largest absolute Gasteiger partial charge is 0.297 e. The lowest BCUT2D eigenvalue weighted by Crippen LogP contribution is -2.26. The summed E-state index contributed by atoms with van der Waals surface area (Å²) in [4.78, 5) is 21.2. The molecule has 0 N–H and O–H groups in total. The average Bonchev–Trinajstić information content (AvgIpc) is 3.00. The van der Waals surface area contributed by atoms with Crippen LogP contribution >= 0.6 is 0 Å². The second-order valence-corrected chi connectivity index (χ2v) is 6.23. The molecule has 2 aliphatic carbocycles. The molecule has 0 saturated heterocycles. The maximum Gasteiger partial charge on any atom is 0.159 e. The van der Waals surface area contributed by atoms with Gasteiger partial charge in [0.1, 0.15) is 11.7 Å². The predicted molar refractivity (Wildman–Crippen MR) is 73.8 cm³/mol. The Bertz CT molecular complexity index is 570. The van der Waals surface area contributed by atoms with E-state index < -0.39 is 5.92 Å². The first-order chi connectivity index (χ1) is 9.58. The molecule has 2 fully saturated rings. The Morgan fingerprint density at radius 2 is 2.15 bits per heavy atom. The first-order valence-electron chi connectivity index (χ1n) is 7.34. The summed E-state index contributed by atoms with van der Waals surface area (Å²) in [6, 6.07) is 3.94. The molecule has 0 unspecified atom stereocenters. The lowest BCUT2D eigenvalue weighted by molar-refractivity contribution is -0.124. The van der Waals surface area contributed by atoms with Crippen LogP contribution in [0.2, 0.25) is 0 Å². The molecule has 3 rings (SSSR count). The minimum Gasteiger partial charge on any atom is -0.297 e. The van der Waals surface area contributed by atoms with Gasteiger partial charge in [0.15, 0.2) is 5.78 Å². The quantitative estimate of drug-likeness (QED) is 0.846. The monoisotopic (exact) mass is 269 g/mol. The Kier molecular flexibility index (Phi) is 3.29. The van der Waals surface area contributed by atoms with Crippen molar-refractivity contribution < 1.29 is 4.79 Å². The molecular weight excluding hydrogens is 250 g/mol. The summed E-state index contributed by atoms with van der Waals surface area (Å²) in [6.45, 7) is 3.67. The topological polar surface area (TPSA) is 66.6 Å². The minimum atomic E-state index is -0.722. The Morgan fingerprint density at radius 1 is 1.35 bits per heavy atom. The van der Waals surface area contributed by atoms with Crippen molar-refractivity contribution in [3.05, 3.63) is 23.3 Å². The van der Waals surface area contributed by atoms with Crippen molar-refractivity contribution in [3.63, 3.8) is 0 Å². The van der Waals surface area contributed by atoms with E-state index in [-0.39, 0.29) is 11.7 Å². The van der Waals surface area contributed by atoms with Crippen LogP contribution in [-0.4, -0.2) is 15.8 Å². The number of Topliss-reactive ketones (excluding diaryl/α,β-unsaturated/α-hetero) is 1. The van der Waals surface area contributed by atoms with E-state index >= 15 is 0 Å². The van der Waals surface area contributed by atoms with E-state index in [4.69, 9.17) is 0 Å². The molecule has 2 bridgehead atoms. The zero-order valence-electron chi connectivity index (χ0n) is 12.0. The predicted octanol–water partition coefficient (Wildman–Crippen LogP) is 2.71. The summed E-state index contributed by atoms with van der Waals surface area (Å²) in [5.74, 6) is 1.28. The number of aromatic nitrogens is 2. The fourth-order valence-corrected chi connectivity index (χ4v) is 3.98. The highest BCUT2D eigenvalue weighted by atomic mass is 16.1. The van der Waals surface area contributed by atoms with Crippen LogP contribution in [0, 0.1) is 42.9 Å². The van der Waals surface area contributed by atoms with Crippen LogP contribution in [0.1, 0.15) is 48.8 Å². The first-order valence-corrected chi connectivity index (χ1v) is 7.34. The molecular formula is C16H19N3O. The van der Waals surface area contributed by atoms with Gasteiger partial charge in [-0.1, -0.05) is 6.42 Å². The van der Waals surface area contributed by atoms with Crippen LogP contribution in [0.15, 0.2) is 6.07 Å². The maximum atomic E-state index is 12.7. The van der Waals surface area contributed by atoms with Crippen molar-refractivity contribution in [3.8, 4) is 6.07 Å². The number of nitriles is 1. The Labute approximate surface area is 119 Å². The summed E-state index contributed by atoms with van der Waals surface area (Å²) in [5, 5.41) is 9.43. The fraction of sp³-hybridized carbons (Fsp3) is 0.625. The number of hydrogen-bond acceptors (Lipinski definition) is 4. The van der Waals surface area contributed by atoms with Crippen molar-refractivity contribution in [1.29, 1.82) is 5.26 Å². The second kappa shape index (κ2) is 4.97. The fourth-order valence-electron chi connectivity index (χ4n) is 3.98. The zero-order valence-corrected chi connectivity index (χ0v) is 12.0. The van der Waals surface area contributed by atoms with Gasteiger partial charge in [-0.15, -0.1) is 0 Å². The van der Waals surface area contributed by atoms with Gasteiger partial charge in [-0.25, -0.2) is 9.97 Å². The third-order valence-electron chi connectivity index (χ3n) is 4.80. The number of carbonyl (C=O) groups is 1. The molecule has 0 aliphatic heterocycles. The number of hydrogen-bond donors (Lipinski definition) is 0. The van der Waals surface area contributed by atoms with E-state index in [9.17, 15) is 10.1 Å². The molecule has 4 atom stereocenters. The standard InChI is InChI=1S/C16H19N3O/c1-9-5-15(19-10(2)18-9)14(8-17)16(20)13-7-11-3-4-12(13)6-11/h5,11-14H,3-4,6-7H2,1-2H3/t11-,12-,13-,14-/m0/s1. The van der Waals surface area contributed by atoms with Crippen LogP contribution in [0.5, 0.6) is 0 Å². The molecule has 1 heterocycles. The van der Waals surface area contributed by atoms with Crippen LogP contribution in [-0.2, 0) is 4.79 Å². The Balaban J connectivity index is 1.86. The molecule has 0 aromatic carbocycles. The summed E-state index contributed by atoms with van der Waals surface area (Å²) in [5.41, 5.74) is 1.39. The molecule has 4 heteroatoms. The maximum absolute atomic E-state index is 12.7. The molecule has 2 saturated carbocycles. The minimum absolute atomic E-state index is 0.0778. The molecule has 20 heavy (non-hydrogen) atoms. The van der Waals surface area contributed by atoms with Gasteiger partial charge in [-0.2, -0.15) is 5.26 Å². The van der Waals surface area contributed by atoms with Crippen molar-refractivity contribution in [2.75, 3.05) is 0 Å². The lowest BCUT2D eigenvalue weighted by Gasteiger charge is -2.22. The van der Waals surface area contributed by atoms with E-state index in [1.165, 1.54) is 12.8 Å². The highest BCUT2D eigenvalue weighted by Crippen LogP contribution is 2.49. The van der Waals surface area contributed by atoms with Gasteiger partial charge in [0, 0.05) is 11.6 Å². The molecule has 4 nitrogen and oxygen atoms in total. The summed E-state index contributed by atoms with van der Waals surface area (Å²) in [6.07, 6.45) is 4.57. The van der Waals surface area contributed by atoms with Crippen LogP contribution in [0.25, 0.3) is 0 Å². The van der Waals surface area contributed by atoms with E-state index in [2.05, 4.69) is 16.0 Å². The molecule has 2 aliphatic rings. The smallest absolute Gasteiger partial charge is 0.159 e. The van der Waals surface area contributed by atoms with Crippen LogP contribution in [0.3, 0.4) is 0 Å². The third-order valence-corrected chi connectivity index (χ3v) is 4.80. The number of nitrogens with zero attached hydrogens (tertiary/aromatic N) is 3. The average molecular weight is 269 g/mol. The molecule has 104 valence electrons. The zero-order chi connectivity index (χ0) is 14.3. The number of fused-ring (bicyclic) bond motifs is 2. The van der Waals surface area contributed by atoms with E-state index in [0.29, 0.717) is 23.4 Å². The third kappa shape index (κ3) is 2.22. The van der Waals surface area contributed by atoms with Gasteiger partial charge in [0.05, 0.1) is 11.8 Å². The number of aryl methyl sites for hydroxylation is 2. The van der Waals surface area contributed by atoms with E-state index in [1.807, 2.05) is 6.92 Å². The van der Waals surface area contributed by atoms with Gasteiger partial charge < -0.3 is 0 Å². The van der Waals surface area contributed by atoms with Crippen molar-refractivity contribution in [1.82, 2.24) is 9.97 Å². The summed E-state index contributed by atoms with van der Waals surface area (Å²) in [7, 11) is 0. The van der Waals surface area contributed by atoms with Crippen LogP contribution < -0.4 is 0 Å². The summed E-state index contributed by atoms with van der Waals surface area (Å²) >= 11 is 0. The van der Waals surface area contributed by atoms with Crippen molar-refractivity contribution in [2.24, 2.45) is 17.8 Å². The van der Waals surface area contributed by atoms with E-state index in [1.54, 1.807) is 13.0 Å². The first kappa shape index (κ1) is 13.2. The molecule has 1 aromatic rings. The molecule has 0 amide bonds. The Morgan fingerprint density at radius 3 is 2.70 bits per heavy atom. The molecule has 0 radical (unpaired) electrons. The van der Waals surface area contributed by atoms with Gasteiger partial charge in [0.25, 0.3) is 0 Å².